The van der Waals surface area contributed by atoms with Gasteiger partial charge in [-0.05, 0) is 29.7 Å². The third-order valence-electron chi connectivity index (χ3n) is 3.08. The molecule has 3 aromatic rings. The highest BCUT2D eigenvalue weighted by molar-refractivity contribution is 6.29. The fourth-order valence-electron chi connectivity index (χ4n) is 2.02. The standard InChI is InChI=1S/C13H11ClFN3/c1-17-12(14)7-16-13(17)8-18-5-4-9-2-3-10(15)6-11(9)18/h2-7H,8H2,1H3. The minimum absolute atomic E-state index is 0.236. The van der Waals surface area contributed by atoms with Crippen LogP contribution < -0.4 is 0 Å². The zero-order chi connectivity index (χ0) is 12.7. The van der Waals surface area contributed by atoms with Gasteiger partial charge in [-0.3, -0.25) is 0 Å². The molecule has 18 heavy (non-hydrogen) atoms. The molecular weight excluding hydrogens is 253 g/mol. The Kier molecular flexibility index (Phi) is 2.59. The average molecular weight is 264 g/mol. The highest BCUT2D eigenvalue weighted by atomic mass is 35.5. The summed E-state index contributed by atoms with van der Waals surface area (Å²) < 4.78 is 17.0. The van der Waals surface area contributed by atoms with Gasteiger partial charge < -0.3 is 9.13 Å². The molecule has 0 atom stereocenters. The summed E-state index contributed by atoms with van der Waals surface area (Å²) in [4.78, 5) is 4.24. The van der Waals surface area contributed by atoms with Crippen molar-refractivity contribution in [1.29, 1.82) is 0 Å². The maximum Gasteiger partial charge on any atom is 0.129 e. The molecule has 0 saturated carbocycles. The van der Waals surface area contributed by atoms with Gasteiger partial charge in [0.25, 0.3) is 0 Å². The van der Waals surface area contributed by atoms with Crippen molar-refractivity contribution in [2.45, 2.75) is 6.54 Å². The van der Waals surface area contributed by atoms with Crippen LogP contribution in [0.2, 0.25) is 5.15 Å². The van der Waals surface area contributed by atoms with Gasteiger partial charge in [0.2, 0.25) is 0 Å². The molecule has 0 N–H and O–H groups in total. The summed E-state index contributed by atoms with van der Waals surface area (Å²) in [6, 6.07) is 6.72. The highest BCUT2D eigenvalue weighted by Crippen LogP contribution is 2.19. The van der Waals surface area contributed by atoms with Gasteiger partial charge in [-0.15, -0.1) is 0 Å². The Morgan fingerprint density at radius 3 is 2.89 bits per heavy atom. The van der Waals surface area contributed by atoms with E-state index in [0.29, 0.717) is 11.7 Å². The van der Waals surface area contributed by atoms with E-state index in [1.165, 1.54) is 12.1 Å². The third kappa shape index (κ3) is 1.78. The zero-order valence-corrected chi connectivity index (χ0v) is 10.5. The van der Waals surface area contributed by atoms with Gasteiger partial charge in [-0.1, -0.05) is 11.6 Å². The SMILES string of the molecule is Cn1c(Cl)cnc1Cn1ccc2ccc(F)cc21. The molecule has 2 aromatic heterocycles. The van der Waals surface area contributed by atoms with E-state index >= 15 is 0 Å². The van der Waals surface area contributed by atoms with Crippen molar-refractivity contribution >= 4 is 22.5 Å². The predicted octanol–water partition coefficient (Wildman–Crippen LogP) is 3.22. The topological polar surface area (TPSA) is 22.8 Å². The Bertz CT molecular complexity index is 714. The van der Waals surface area contributed by atoms with Crippen LogP contribution in [0.3, 0.4) is 0 Å². The minimum Gasteiger partial charge on any atom is -0.340 e. The second-order valence-electron chi connectivity index (χ2n) is 4.20. The Hall–Kier alpha value is -1.81. The first kappa shape index (κ1) is 11.3. The van der Waals surface area contributed by atoms with Gasteiger partial charge in [0, 0.05) is 13.2 Å². The monoisotopic (exact) mass is 263 g/mol. The lowest BCUT2D eigenvalue weighted by Gasteiger charge is -2.06. The van der Waals surface area contributed by atoms with Crippen LogP contribution in [-0.2, 0) is 13.6 Å². The number of hydrogen-bond acceptors (Lipinski definition) is 1. The van der Waals surface area contributed by atoms with Gasteiger partial charge in [0.1, 0.15) is 16.8 Å². The quantitative estimate of drug-likeness (QED) is 0.696. The zero-order valence-electron chi connectivity index (χ0n) is 9.77. The van der Waals surface area contributed by atoms with Crippen LogP contribution in [0.4, 0.5) is 4.39 Å². The van der Waals surface area contributed by atoms with Crippen LogP contribution in [0.15, 0.2) is 36.7 Å². The lowest BCUT2D eigenvalue weighted by molar-refractivity contribution is 0.628. The molecule has 3 nitrogen and oxygen atoms in total. The Morgan fingerprint density at radius 2 is 2.17 bits per heavy atom. The first-order valence-corrected chi connectivity index (χ1v) is 5.93. The average Bonchev–Trinajstić information content (AvgIpc) is 2.88. The molecule has 0 aliphatic carbocycles. The number of aromatic nitrogens is 3. The molecule has 0 radical (unpaired) electrons. The van der Waals surface area contributed by atoms with Crippen LogP contribution >= 0.6 is 11.6 Å². The van der Waals surface area contributed by atoms with Crippen molar-refractivity contribution in [3.63, 3.8) is 0 Å². The van der Waals surface area contributed by atoms with Crippen LogP contribution in [0, 0.1) is 5.82 Å². The number of benzene rings is 1. The van der Waals surface area contributed by atoms with Crippen molar-refractivity contribution in [2.75, 3.05) is 0 Å². The van der Waals surface area contributed by atoms with E-state index in [9.17, 15) is 4.39 Å². The Labute approximate surface area is 108 Å². The van der Waals surface area contributed by atoms with Gasteiger partial charge in [-0.25, -0.2) is 9.37 Å². The largest absolute Gasteiger partial charge is 0.340 e. The van der Waals surface area contributed by atoms with Gasteiger partial charge in [-0.2, -0.15) is 0 Å². The third-order valence-corrected chi connectivity index (χ3v) is 3.43. The van der Waals surface area contributed by atoms with E-state index < -0.39 is 0 Å². The van der Waals surface area contributed by atoms with Crippen molar-refractivity contribution in [2.24, 2.45) is 7.05 Å². The smallest absolute Gasteiger partial charge is 0.129 e. The molecule has 0 bridgehead atoms. The number of imidazole rings is 1. The van der Waals surface area contributed by atoms with E-state index in [0.717, 1.165) is 16.7 Å². The second kappa shape index (κ2) is 4.14. The maximum atomic E-state index is 13.3. The summed E-state index contributed by atoms with van der Waals surface area (Å²) in [5.74, 6) is 0.599. The molecule has 2 heterocycles. The first-order valence-electron chi connectivity index (χ1n) is 5.55. The van der Waals surface area contributed by atoms with Crippen molar-refractivity contribution in [1.82, 2.24) is 14.1 Å². The molecule has 0 saturated heterocycles. The fourth-order valence-corrected chi connectivity index (χ4v) is 2.16. The van der Waals surface area contributed by atoms with Gasteiger partial charge in [0.05, 0.1) is 18.3 Å². The number of rotatable bonds is 2. The molecule has 92 valence electrons. The molecule has 0 unspecified atom stereocenters. The molecular formula is C13H11ClFN3. The fraction of sp³-hybridized carbons (Fsp3) is 0.154. The molecule has 0 amide bonds. The van der Waals surface area contributed by atoms with E-state index in [1.54, 1.807) is 12.3 Å². The van der Waals surface area contributed by atoms with E-state index in [2.05, 4.69) is 4.98 Å². The van der Waals surface area contributed by atoms with Crippen molar-refractivity contribution < 1.29 is 4.39 Å². The summed E-state index contributed by atoms with van der Waals surface area (Å²) in [5.41, 5.74) is 0.856. The molecule has 0 aliphatic rings. The summed E-state index contributed by atoms with van der Waals surface area (Å²) >= 11 is 5.94. The molecule has 3 rings (SSSR count). The second-order valence-corrected chi connectivity index (χ2v) is 4.59. The van der Waals surface area contributed by atoms with E-state index in [4.69, 9.17) is 11.6 Å². The molecule has 0 spiro atoms. The lowest BCUT2D eigenvalue weighted by atomic mass is 10.2. The number of nitrogens with zero attached hydrogens (tertiary/aromatic N) is 3. The first-order chi connectivity index (χ1) is 8.65. The van der Waals surface area contributed by atoms with Gasteiger partial charge >= 0.3 is 0 Å². The van der Waals surface area contributed by atoms with Gasteiger partial charge in [0.15, 0.2) is 0 Å². The highest BCUT2D eigenvalue weighted by Gasteiger charge is 2.08. The lowest BCUT2D eigenvalue weighted by Crippen LogP contribution is -2.05. The molecule has 1 aromatic carbocycles. The predicted molar refractivity (Wildman–Crippen MR) is 69.2 cm³/mol. The summed E-state index contributed by atoms with van der Waals surface area (Å²) in [7, 11) is 1.86. The van der Waals surface area contributed by atoms with Crippen molar-refractivity contribution in [3.8, 4) is 0 Å². The summed E-state index contributed by atoms with van der Waals surface area (Å²) in [6.45, 7) is 0.566. The Balaban J connectivity index is 2.05. The van der Waals surface area contributed by atoms with Crippen LogP contribution in [0.25, 0.3) is 10.9 Å². The normalized spacial score (nSPS) is 11.3. The van der Waals surface area contributed by atoms with E-state index in [-0.39, 0.29) is 5.82 Å². The Morgan fingerprint density at radius 1 is 1.33 bits per heavy atom. The van der Waals surface area contributed by atoms with Crippen LogP contribution in [-0.4, -0.2) is 14.1 Å². The summed E-state index contributed by atoms with van der Waals surface area (Å²) in [6.07, 6.45) is 3.54. The molecule has 0 fully saturated rings. The molecule has 0 aliphatic heterocycles. The number of halogens is 2. The maximum absolute atomic E-state index is 13.3. The minimum atomic E-state index is -0.236. The number of hydrogen-bond donors (Lipinski definition) is 0. The summed E-state index contributed by atoms with van der Waals surface area (Å²) in [5, 5.41) is 1.60. The van der Waals surface area contributed by atoms with E-state index in [1.807, 2.05) is 28.4 Å². The van der Waals surface area contributed by atoms with Crippen LogP contribution in [0.5, 0.6) is 0 Å². The van der Waals surface area contributed by atoms with Crippen LogP contribution in [0.1, 0.15) is 5.82 Å². The number of fused-ring (bicyclic) bond motifs is 1. The van der Waals surface area contributed by atoms with Crippen molar-refractivity contribution in [3.05, 3.63) is 53.5 Å². The molecule has 5 heteroatoms.